The van der Waals surface area contributed by atoms with Crippen molar-refractivity contribution in [1.82, 2.24) is 9.80 Å². The lowest BCUT2D eigenvalue weighted by Gasteiger charge is -2.34. The number of anilines is 1. The maximum Gasteiger partial charge on any atom is 0.409 e. The zero-order chi connectivity index (χ0) is 25.5. The summed E-state index contributed by atoms with van der Waals surface area (Å²) in [7, 11) is 1.78. The van der Waals surface area contributed by atoms with Gasteiger partial charge in [-0.2, -0.15) is 0 Å². The summed E-state index contributed by atoms with van der Waals surface area (Å²) in [5.74, 6) is 0.146. The van der Waals surface area contributed by atoms with E-state index in [1.54, 1.807) is 36.2 Å². The molecule has 0 spiro atoms. The van der Waals surface area contributed by atoms with Gasteiger partial charge in [-0.1, -0.05) is 60.7 Å². The maximum absolute atomic E-state index is 12.7. The van der Waals surface area contributed by atoms with E-state index in [4.69, 9.17) is 0 Å². The minimum absolute atomic E-state index is 0.101. The molecule has 2 amide bonds. The van der Waals surface area contributed by atoms with Crippen molar-refractivity contribution in [3.63, 3.8) is 0 Å². The highest BCUT2D eigenvalue weighted by Crippen LogP contribution is 2.38. The van der Waals surface area contributed by atoms with Crippen LogP contribution in [0.25, 0.3) is 11.1 Å². The SMILES string of the molecule is CN(CCN1CCC(c2cccc(-c3ccccc3)c2NC(=O)O)CC1)C(=O)c1cccc(C=O)c1. The molecule has 0 radical (unpaired) electrons. The molecule has 3 aromatic rings. The first kappa shape index (κ1) is 25.1. The van der Waals surface area contributed by atoms with Crippen LogP contribution in [0.2, 0.25) is 0 Å². The Bertz CT molecular complexity index is 1220. The molecule has 0 bridgehead atoms. The van der Waals surface area contributed by atoms with Crippen molar-refractivity contribution in [3.05, 3.63) is 89.5 Å². The fourth-order valence-electron chi connectivity index (χ4n) is 4.84. The summed E-state index contributed by atoms with van der Waals surface area (Å²) >= 11 is 0. The van der Waals surface area contributed by atoms with Gasteiger partial charge in [0.05, 0.1) is 5.69 Å². The number of hydrogen-bond acceptors (Lipinski definition) is 4. The van der Waals surface area contributed by atoms with Crippen LogP contribution in [0.5, 0.6) is 0 Å². The van der Waals surface area contributed by atoms with Crippen molar-refractivity contribution in [3.8, 4) is 11.1 Å². The summed E-state index contributed by atoms with van der Waals surface area (Å²) in [4.78, 5) is 39.4. The van der Waals surface area contributed by atoms with Crippen LogP contribution in [0.15, 0.2) is 72.8 Å². The highest BCUT2D eigenvalue weighted by molar-refractivity contribution is 5.95. The summed E-state index contributed by atoms with van der Waals surface area (Å²) in [6, 6.07) is 22.5. The lowest BCUT2D eigenvalue weighted by atomic mass is 9.86. The van der Waals surface area contributed by atoms with E-state index in [-0.39, 0.29) is 11.8 Å². The molecule has 0 atom stereocenters. The number of likely N-dealkylation sites (tertiary alicyclic amines) is 1. The molecular weight excluding hydrogens is 454 g/mol. The number of rotatable bonds is 8. The van der Waals surface area contributed by atoms with Gasteiger partial charge in [-0.05, 0) is 55.1 Å². The molecule has 2 N–H and O–H groups in total. The van der Waals surface area contributed by atoms with E-state index < -0.39 is 6.09 Å². The Morgan fingerprint density at radius 2 is 1.75 bits per heavy atom. The van der Waals surface area contributed by atoms with Gasteiger partial charge in [0.15, 0.2) is 0 Å². The number of carboxylic acid groups (broad SMARTS) is 1. The number of para-hydroxylation sites is 1. The van der Waals surface area contributed by atoms with E-state index >= 15 is 0 Å². The van der Waals surface area contributed by atoms with E-state index in [0.29, 0.717) is 23.4 Å². The van der Waals surface area contributed by atoms with Crippen LogP contribution in [0.4, 0.5) is 10.5 Å². The van der Waals surface area contributed by atoms with Crippen LogP contribution in [-0.4, -0.2) is 66.4 Å². The second kappa shape index (κ2) is 11.6. The number of carbonyl (C=O) groups excluding carboxylic acids is 2. The smallest absolute Gasteiger partial charge is 0.409 e. The van der Waals surface area contributed by atoms with Crippen LogP contribution in [0.3, 0.4) is 0 Å². The standard InChI is InChI=1S/C29H31N3O4/c1-31(28(34)24-10-5-7-21(19-24)20-33)17-18-32-15-13-23(14-16-32)26-12-6-11-25(27(26)30-29(35)36)22-8-3-2-4-9-22/h2-12,19-20,23,30H,13-18H2,1H3,(H,35,36). The van der Waals surface area contributed by atoms with Gasteiger partial charge in [0.2, 0.25) is 0 Å². The lowest BCUT2D eigenvalue weighted by molar-refractivity contribution is 0.0770. The zero-order valence-corrected chi connectivity index (χ0v) is 20.4. The molecule has 1 fully saturated rings. The highest BCUT2D eigenvalue weighted by atomic mass is 16.4. The average Bonchev–Trinajstić information content (AvgIpc) is 2.92. The third kappa shape index (κ3) is 5.98. The highest BCUT2D eigenvalue weighted by Gasteiger charge is 2.25. The van der Waals surface area contributed by atoms with E-state index in [1.165, 1.54) is 0 Å². The third-order valence-corrected chi connectivity index (χ3v) is 6.81. The average molecular weight is 486 g/mol. The molecule has 186 valence electrons. The molecule has 4 rings (SSSR count). The van der Waals surface area contributed by atoms with Gasteiger partial charge in [-0.25, -0.2) is 4.79 Å². The number of amides is 2. The van der Waals surface area contributed by atoms with Gasteiger partial charge in [0.1, 0.15) is 6.29 Å². The van der Waals surface area contributed by atoms with Gasteiger partial charge < -0.3 is 14.9 Å². The predicted octanol–water partition coefficient (Wildman–Crippen LogP) is 5.21. The molecule has 7 heteroatoms. The first-order valence-corrected chi connectivity index (χ1v) is 12.2. The largest absolute Gasteiger partial charge is 0.465 e. The van der Waals surface area contributed by atoms with Crippen LogP contribution in [0.1, 0.15) is 45.0 Å². The molecule has 0 saturated carbocycles. The number of benzene rings is 3. The zero-order valence-electron chi connectivity index (χ0n) is 20.4. The summed E-state index contributed by atoms with van der Waals surface area (Å²) in [6.07, 6.45) is 1.49. The number of hydrogen-bond donors (Lipinski definition) is 2. The van der Waals surface area contributed by atoms with E-state index in [1.807, 2.05) is 48.5 Å². The molecule has 0 aromatic heterocycles. The normalized spacial score (nSPS) is 14.2. The van der Waals surface area contributed by atoms with Crippen molar-refractivity contribution in [2.75, 3.05) is 38.5 Å². The van der Waals surface area contributed by atoms with Crippen molar-refractivity contribution < 1.29 is 19.5 Å². The first-order chi connectivity index (χ1) is 17.5. The molecule has 0 unspecified atom stereocenters. The fourth-order valence-corrected chi connectivity index (χ4v) is 4.84. The summed E-state index contributed by atoms with van der Waals surface area (Å²) < 4.78 is 0. The molecular formula is C29H31N3O4. The van der Waals surface area contributed by atoms with E-state index in [9.17, 15) is 19.5 Å². The van der Waals surface area contributed by atoms with Crippen LogP contribution in [-0.2, 0) is 0 Å². The summed E-state index contributed by atoms with van der Waals surface area (Å²) in [6.45, 7) is 3.08. The lowest BCUT2D eigenvalue weighted by Crippen LogP contribution is -2.40. The molecule has 1 aliphatic rings. The fraction of sp³-hybridized carbons (Fsp3) is 0.276. The quantitative estimate of drug-likeness (QED) is 0.428. The second-order valence-corrected chi connectivity index (χ2v) is 9.15. The Balaban J connectivity index is 1.39. The summed E-state index contributed by atoms with van der Waals surface area (Å²) in [5.41, 5.74) is 4.56. The molecule has 3 aromatic carbocycles. The Morgan fingerprint density at radius 3 is 2.44 bits per heavy atom. The maximum atomic E-state index is 12.7. The van der Waals surface area contributed by atoms with E-state index in [0.717, 1.165) is 55.5 Å². The van der Waals surface area contributed by atoms with Gasteiger partial charge in [-0.3, -0.25) is 14.9 Å². The van der Waals surface area contributed by atoms with E-state index in [2.05, 4.69) is 10.2 Å². The molecule has 1 saturated heterocycles. The monoisotopic (exact) mass is 485 g/mol. The molecule has 1 aliphatic heterocycles. The minimum Gasteiger partial charge on any atom is -0.465 e. The number of carbonyl (C=O) groups is 3. The summed E-state index contributed by atoms with van der Waals surface area (Å²) in [5, 5.41) is 12.2. The van der Waals surface area contributed by atoms with Crippen molar-refractivity contribution in [2.45, 2.75) is 18.8 Å². The third-order valence-electron chi connectivity index (χ3n) is 6.81. The van der Waals surface area contributed by atoms with Crippen molar-refractivity contribution in [1.29, 1.82) is 0 Å². The van der Waals surface area contributed by atoms with Crippen molar-refractivity contribution in [2.24, 2.45) is 0 Å². The number of nitrogens with zero attached hydrogens (tertiary/aromatic N) is 2. The van der Waals surface area contributed by atoms with Crippen LogP contribution >= 0.6 is 0 Å². The van der Waals surface area contributed by atoms with Crippen LogP contribution in [0, 0.1) is 0 Å². The molecule has 36 heavy (non-hydrogen) atoms. The number of aldehydes is 1. The predicted molar refractivity (Wildman–Crippen MR) is 141 cm³/mol. The first-order valence-electron chi connectivity index (χ1n) is 12.2. The molecule has 7 nitrogen and oxygen atoms in total. The number of nitrogens with one attached hydrogen (secondary N) is 1. The van der Waals surface area contributed by atoms with Gasteiger partial charge >= 0.3 is 6.09 Å². The minimum atomic E-state index is -1.07. The number of likely N-dealkylation sites (N-methyl/N-ethyl adjacent to an activating group) is 1. The Kier molecular flexibility index (Phi) is 8.13. The second-order valence-electron chi connectivity index (χ2n) is 9.15. The van der Waals surface area contributed by atoms with Crippen LogP contribution < -0.4 is 5.32 Å². The molecule has 0 aliphatic carbocycles. The van der Waals surface area contributed by atoms with Gasteiger partial charge in [0, 0.05) is 36.8 Å². The molecule has 1 heterocycles. The Hall–Kier alpha value is -3.97. The van der Waals surface area contributed by atoms with Gasteiger partial charge in [0.25, 0.3) is 5.91 Å². The Labute approximate surface area is 211 Å². The van der Waals surface area contributed by atoms with Crippen molar-refractivity contribution >= 4 is 24.0 Å². The number of piperidine rings is 1. The Morgan fingerprint density at radius 1 is 1.03 bits per heavy atom. The van der Waals surface area contributed by atoms with Gasteiger partial charge in [-0.15, -0.1) is 0 Å². The topological polar surface area (TPSA) is 89.9 Å².